The van der Waals surface area contributed by atoms with Gasteiger partial charge in [-0.2, -0.15) is 0 Å². The van der Waals surface area contributed by atoms with Crippen LogP contribution in [0.25, 0.3) is 50.3 Å². The minimum atomic E-state index is 0.924. The zero-order valence-electron chi connectivity index (χ0n) is 18.7. The molecular formula is C29H24N4. The lowest BCUT2D eigenvalue weighted by Gasteiger charge is -2.07. The Labute approximate surface area is 192 Å². The van der Waals surface area contributed by atoms with Gasteiger partial charge >= 0.3 is 0 Å². The van der Waals surface area contributed by atoms with Crippen LogP contribution in [0, 0.1) is 0 Å². The predicted molar refractivity (Wildman–Crippen MR) is 138 cm³/mol. The number of aromatic nitrogens is 4. The second-order valence-corrected chi connectivity index (χ2v) is 7.77. The molecule has 0 atom stereocenters. The van der Waals surface area contributed by atoms with E-state index in [-0.39, 0.29) is 0 Å². The van der Waals surface area contributed by atoms with Crippen molar-refractivity contribution in [3.63, 3.8) is 0 Å². The molecule has 33 heavy (non-hydrogen) atoms. The van der Waals surface area contributed by atoms with Crippen molar-refractivity contribution in [3.8, 4) is 11.4 Å². The van der Waals surface area contributed by atoms with Crippen LogP contribution in [-0.2, 0) is 0 Å². The number of imidazole rings is 2. The predicted octanol–water partition coefficient (Wildman–Crippen LogP) is 7.40. The second kappa shape index (κ2) is 7.68. The number of hydrogen-bond acceptors (Lipinski definition) is 1. The van der Waals surface area contributed by atoms with Crippen LogP contribution in [0.2, 0.25) is 0 Å². The van der Waals surface area contributed by atoms with Gasteiger partial charge in [-0.1, -0.05) is 80.6 Å². The van der Waals surface area contributed by atoms with Gasteiger partial charge in [-0.05, 0) is 42.5 Å². The molecule has 0 saturated carbocycles. The highest BCUT2D eigenvalue weighted by atomic mass is 15.3. The summed E-state index contributed by atoms with van der Waals surface area (Å²) in [6.07, 6.45) is 0. The van der Waals surface area contributed by atoms with Gasteiger partial charge in [0.1, 0.15) is 5.52 Å². The van der Waals surface area contributed by atoms with E-state index in [1.54, 1.807) is 0 Å². The van der Waals surface area contributed by atoms with Gasteiger partial charge in [0.2, 0.25) is 5.78 Å². The van der Waals surface area contributed by atoms with Crippen LogP contribution in [0.3, 0.4) is 0 Å². The maximum atomic E-state index is 5.06. The topological polar surface area (TPSA) is 27.2 Å². The van der Waals surface area contributed by atoms with E-state index in [0.717, 1.165) is 33.8 Å². The molecule has 4 aromatic carbocycles. The molecule has 0 radical (unpaired) electrons. The lowest BCUT2D eigenvalue weighted by atomic mass is 10.2. The first-order valence-electron chi connectivity index (χ1n) is 11.4. The first-order valence-corrected chi connectivity index (χ1v) is 11.4. The van der Waals surface area contributed by atoms with Gasteiger partial charge in [0.25, 0.3) is 0 Å². The fourth-order valence-corrected chi connectivity index (χ4v) is 4.77. The van der Waals surface area contributed by atoms with Crippen molar-refractivity contribution < 1.29 is 0 Å². The average Bonchev–Trinajstić information content (AvgIpc) is 3.52. The number of rotatable bonds is 2. The Hall–Kier alpha value is -4.31. The first kappa shape index (κ1) is 19.4. The van der Waals surface area contributed by atoms with Gasteiger partial charge < -0.3 is 0 Å². The van der Waals surface area contributed by atoms with Crippen LogP contribution in [0.5, 0.6) is 0 Å². The molecule has 0 spiro atoms. The highest BCUT2D eigenvalue weighted by Crippen LogP contribution is 2.37. The molecule has 3 heterocycles. The summed E-state index contributed by atoms with van der Waals surface area (Å²) in [6.45, 7) is 4.00. The number of benzene rings is 4. The Morgan fingerprint density at radius 2 is 1.09 bits per heavy atom. The summed E-state index contributed by atoms with van der Waals surface area (Å²) in [5.41, 5.74) is 7.82. The third kappa shape index (κ3) is 2.74. The SMILES string of the molecule is CC.c1ccc(-n2c3c4ccccc4n(-c4ccccc4)c3n3c4ccccc4nc23)cc1. The largest absolute Gasteiger partial charge is 0.294 e. The fourth-order valence-electron chi connectivity index (χ4n) is 4.77. The molecule has 0 amide bonds. The standard InChI is InChI=1S/C27H18N4.C2H6/c1-3-11-19(12-4-1)29-23-17-9-7-15-21(23)25-26(29)31-24-18-10-8-16-22(24)28-27(31)30(25)20-13-5-2-6-14-20;1-2/h1-18H;1-2H3. The van der Waals surface area contributed by atoms with Crippen LogP contribution >= 0.6 is 0 Å². The Morgan fingerprint density at radius 1 is 0.545 bits per heavy atom. The molecule has 0 fully saturated rings. The monoisotopic (exact) mass is 428 g/mol. The van der Waals surface area contributed by atoms with Gasteiger partial charge in [-0.15, -0.1) is 0 Å². The van der Waals surface area contributed by atoms with Crippen LogP contribution in [0.15, 0.2) is 109 Å². The van der Waals surface area contributed by atoms with Crippen molar-refractivity contribution in [1.29, 1.82) is 0 Å². The third-order valence-corrected chi connectivity index (χ3v) is 6.03. The van der Waals surface area contributed by atoms with E-state index in [1.165, 1.54) is 16.4 Å². The summed E-state index contributed by atoms with van der Waals surface area (Å²) in [5.74, 6) is 0.924. The molecule has 7 aromatic rings. The highest BCUT2D eigenvalue weighted by Gasteiger charge is 2.24. The number of para-hydroxylation sites is 5. The summed E-state index contributed by atoms with van der Waals surface area (Å²) >= 11 is 0. The summed E-state index contributed by atoms with van der Waals surface area (Å²) < 4.78 is 6.94. The second-order valence-electron chi connectivity index (χ2n) is 7.77. The van der Waals surface area contributed by atoms with Gasteiger partial charge in [-0.25, -0.2) is 4.98 Å². The first-order chi connectivity index (χ1) is 16.4. The normalized spacial score (nSPS) is 11.3. The van der Waals surface area contributed by atoms with E-state index < -0.39 is 0 Å². The Morgan fingerprint density at radius 3 is 1.79 bits per heavy atom. The molecule has 0 unspecified atom stereocenters. The van der Waals surface area contributed by atoms with Gasteiger partial charge in [0, 0.05) is 16.8 Å². The van der Waals surface area contributed by atoms with Gasteiger partial charge in [-0.3, -0.25) is 13.5 Å². The highest BCUT2D eigenvalue weighted by molar-refractivity contribution is 6.10. The number of fused-ring (bicyclic) bond motifs is 7. The van der Waals surface area contributed by atoms with Crippen LogP contribution < -0.4 is 0 Å². The van der Waals surface area contributed by atoms with Crippen molar-refractivity contribution in [2.24, 2.45) is 0 Å². The molecule has 160 valence electrons. The molecule has 0 aliphatic carbocycles. The maximum Gasteiger partial charge on any atom is 0.221 e. The zero-order valence-corrected chi connectivity index (χ0v) is 18.7. The fraction of sp³-hybridized carbons (Fsp3) is 0.0690. The summed E-state index contributed by atoms with van der Waals surface area (Å²) in [7, 11) is 0. The third-order valence-electron chi connectivity index (χ3n) is 6.03. The van der Waals surface area contributed by atoms with E-state index in [1.807, 2.05) is 19.9 Å². The maximum absolute atomic E-state index is 5.06. The molecule has 4 nitrogen and oxygen atoms in total. The Balaban J connectivity index is 0.00000101. The Bertz CT molecular complexity index is 1720. The van der Waals surface area contributed by atoms with Crippen molar-refractivity contribution in [2.75, 3.05) is 0 Å². The Kier molecular flexibility index (Phi) is 4.51. The van der Waals surface area contributed by atoms with Crippen LogP contribution in [-0.4, -0.2) is 18.5 Å². The minimum absolute atomic E-state index is 0.924. The molecule has 3 aromatic heterocycles. The van der Waals surface area contributed by atoms with E-state index in [9.17, 15) is 0 Å². The zero-order chi connectivity index (χ0) is 22.4. The van der Waals surface area contributed by atoms with E-state index in [2.05, 4.69) is 117 Å². The molecule has 7 rings (SSSR count). The van der Waals surface area contributed by atoms with E-state index >= 15 is 0 Å². The van der Waals surface area contributed by atoms with Crippen LogP contribution in [0.4, 0.5) is 0 Å². The molecule has 0 N–H and O–H groups in total. The quantitative estimate of drug-likeness (QED) is 0.282. The lowest BCUT2D eigenvalue weighted by molar-refractivity contribution is 1.09. The summed E-state index contributed by atoms with van der Waals surface area (Å²) in [6, 6.07) is 38.1. The minimum Gasteiger partial charge on any atom is -0.294 e. The number of nitrogens with zero attached hydrogens (tertiary/aromatic N) is 4. The summed E-state index contributed by atoms with van der Waals surface area (Å²) in [5, 5.41) is 1.21. The molecule has 0 aliphatic heterocycles. The molecular weight excluding hydrogens is 404 g/mol. The lowest BCUT2D eigenvalue weighted by Crippen LogP contribution is -1.97. The molecule has 0 aliphatic rings. The van der Waals surface area contributed by atoms with Crippen molar-refractivity contribution in [1.82, 2.24) is 18.5 Å². The average molecular weight is 429 g/mol. The van der Waals surface area contributed by atoms with Crippen molar-refractivity contribution in [3.05, 3.63) is 109 Å². The molecule has 0 bridgehead atoms. The van der Waals surface area contributed by atoms with Crippen molar-refractivity contribution >= 4 is 38.9 Å². The van der Waals surface area contributed by atoms with Gasteiger partial charge in [0.05, 0.1) is 16.6 Å². The summed E-state index contributed by atoms with van der Waals surface area (Å²) in [4.78, 5) is 5.06. The molecule has 4 heteroatoms. The number of hydrogen-bond donors (Lipinski definition) is 0. The van der Waals surface area contributed by atoms with Crippen molar-refractivity contribution in [2.45, 2.75) is 13.8 Å². The van der Waals surface area contributed by atoms with E-state index in [0.29, 0.717) is 0 Å². The molecule has 0 saturated heterocycles. The smallest absolute Gasteiger partial charge is 0.221 e. The van der Waals surface area contributed by atoms with Gasteiger partial charge in [0.15, 0.2) is 5.65 Å². The van der Waals surface area contributed by atoms with Crippen LogP contribution in [0.1, 0.15) is 13.8 Å². The van der Waals surface area contributed by atoms with E-state index in [4.69, 9.17) is 4.98 Å².